The number of furan rings is 1. The van der Waals surface area contributed by atoms with Crippen molar-refractivity contribution < 1.29 is 14.0 Å². The average molecular weight is 278 g/mol. The maximum atomic E-state index is 12.2. The van der Waals surface area contributed by atoms with Crippen LogP contribution in [0.25, 0.3) is 0 Å². The number of rotatable bonds is 3. The van der Waals surface area contributed by atoms with Gasteiger partial charge in [-0.2, -0.15) is 0 Å². The fraction of sp³-hybridized carbons (Fsp3) is 0.600. The average Bonchev–Trinajstić information content (AvgIpc) is 2.99. The summed E-state index contributed by atoms with van der Waals surface area (Å²) in [6.45, 7) is 5.24. The normalized spacial score (nSPS) is 16.5. The molecule has 0 N–H and O–H groups in total. The molecule has 0 unspecified atom stereocenters. The van der Waals surface area contributed by atoms with Crippen molar-refractivity contribution in [1.29, 1.82) is 0 Å². The molecule has 5 nitrogen and oxygen atoms in total. The Morgan fingerprint density at radius 2 is 2.00 bits per heavy atom. The highest BCUT2D eigenvalue weighted by Crippen LogP contribution is 2.21. The summed E-state index contributed by atoms with van der Waals surface area (Å²) >= 11 is 0. The van der Waals surface area contributed by atoms with Crippen LogP contribution in [0.4, 0.5) is 0 Å². The number of piperidine rings is 1. The Kier molecular flexibility index (Phi) is 4.47. The molecule has 1 saturated heterocycles. The number of nitrogens with zero attached hydrogens (tertiary/aromatic N) is 2. The molecule has 0 aliphatic carbocycles. The van der Waals surface area contributed by atoms with Crippen LogP contribution in [-0.2, 0) is 4.79 Å². The van der Waals surface area contributed by atoms with Crippen molar-refractivity contribution in [3.8, 4) is 0 Å². The van der Waals surface area contributed by atoms with Crippen molar-refractivity contribution in [2.45, 2.75) is 32.7 Å². The van der Waals surface area contributed by atoms with Gasteiger partial charge >= 0.3 is 0 Å². The topological polar surface area (TPSA) is 53.8 Å². The van der Waals surface area contributed by atoms with E-state index in [1.807, 2.05) is 20.9 Å². The highest BCUT2D eigenvalue weighted by molar-refractivity contribution is 5.91. The third-order valence-corrected chi connectivity index (χ3v) is 3.99. The molecule has 1 fully saturated rings. The first-order valence-corrected chi connectivity index (χ1v) is 7.10. The number of hydrogen-bond donors (Lipinski definition) is 0. The molecule has 0 saturated carbocycles. The van der Waals surface area contributed by atoms with Gasteiger partial charge in [-0.25, -0.2) is 0 Å². The lowest BCUT2D eigenvalue weighted by atomic mass is 9.95. The predicted octanol–water partition coefficient (Wildman–Crippen LogP) is 2.00. The molecule has 0 radical (unpaired) electrons. The summed E-state index contributed by atoms with van der Waals surface area (Å²) in [5.74, 6) is 0.500. The molecule has 2 amide bonds. The molecule has 1 aromatic heterocycles. The predicted molar refractivity (Wildman–Crippen MR) is 75.2 cm³/mol. The van der Waals surface area contributed by atoms with Crippen molar-refractivity contribution in [3.05, 3.63) is 24.2 Å². The summed E-state index contributed by atoms with van der Waals surface area (Å²) < 4.78 is 5.13. The van der Waals surface area contributed by atoms with Crippen LogP contribution in [0, 0.1) is 5.92 Å². The van der Waals surface area contributed by atoms with Crippen molar-refractivity contribution in [2.24, 2.45) is 5.92 Å². The molecule has 5 heteroatoms. The summed E-state index contributed by atoms with van der Waals surface area (Å²) in [5, 5.41) is 0. The third-order valence-electron chi connectivity index (χ3n) is 3.99. The molecule has 2 heterocycles. The van der Waals surface area contributed by atoms with Gasteiger partial charge < -0.3 is 14.2 Å². The summed E-state index contributed by atoms with van der Waals surface area (Å²) in [4.78, 5) is 27.9. The number of carbonyl (C=O) groups is 2. The minimum atomic E-state index is -0.0851. The standard InChI is InChI=1S/C15H22N2O3/c1-11(2)16(3)14(18)12-6-8-17(9-7-12)15(19)13-5-4-10-20-13/h4-5,10-12H,6-9H2,1-3H3. The molecule has 2 rings (SSSR count). The minimum Gasteiger partial charge on any atom is -0.459 e. The van der Waals surface area contributed by atoms with E-state index in [0.717, 1.165) is 12.8 Å². The van der Waals surface area contributed by atoms with Crippen LogP contribution >= 0.6 is 0 Å². The highest BCUT2D eigenvalue weighted by atomic mass is 16.3. The lowest BCUT2D eigenvalue weighted by Crippen LogP contribution is -2.44. The fourth-order valence-corrected chi connectivity index (χ4v) is 2.43. The van der Waals surface area contributed by atoms with E-state index < -0.39 is 0 Å². The van der Waals surface area contributed by atoms with Gasteiger partial charge in [0.1, 0.15) is 0 Å². The zero-order chi connectivity index (χ0) is 14.7. The molecule has 0 spiro atoms. The molecule has 20 heavy (non-hydrogen) atoms. The largest absolute Gasteiger partial charge is 0.459 e. The smallest absolute Gasteiger partial charge is 0.289 e. The van der Waals surface area contributed by atoms with Gasteiger partial charge in [-0.3, -0.25) is 9.59 Å². The summed E-state index contributed by atoms with van der Waals surface area (Å²) in [6, 6.07) is 3.60. The Balaban J connectivity index is 1.89. The molecule has 0 aromatic carbocycles. The van der Waals surface area contributed by atoms with Crippen molar-refractivity contribution in [2.75, 3.05) is 20.1 Å². The van der Waals surface area contributed by atoms with E-state index >= 15 is 0 Å². The zero-order valence-electron chi connectivity index (χ0n) is 12.3. The molecule has 1 aliphatic rings. The number of hydrogen-bond acceptors (Lipinski definition) is 3. The van der Waals surface area contributed by atoms with Gasteiger partial charge in [0, 0.05) is 32.1 Å². The second kappa shape index (κ2) is 6.11. The third kappa shape index (κ3) is 3.03. The molecular formula is C15H22N2O3. The van der Waals surface area contributed by atoms with Crippen LogP contribution in [0.5, 0.6) is 0 Å². The summed E-state index contributed by atoms with van der Waals surface area (Å²) in [7, 11) is 1.84. The van der Waals surface area contributed by atoms with Gasteiger partial charge in [-0.05, 0) is 38.8 Å². The van der Waals surface area contributed by atoms with Crippen LogP contribution in [0.3, 0.4) is 0 Å². The van der Waals surface area contributed by atoms with Gasteiger partial charge in [0.25, 0.3) is 5.91 Å². The molecule has 1 aliphatic heterocycles. The second-order valence-electron chi connectivity index (χ2n) is 5.59. The van der Waals surface area contributed by atoms with Gasteiger partial charge in [-0.1, -0.05) is 0 Å². The van der Waals surface area contributed by atoms with Crippen molar-refractivity contribution >= 4 is 11.8 Å². The minimum absolute atomic E-state index is 0.0306. The molecule has 0 atom stereocenters. The fourth-order valence-electron chi connectivity index (χ4n) is 2.43. The number of likely N-dealkylation sites (tertiary alicyclic amines) is 1. The van der Waals surface area contributed by atoms with Gasteiger partial charge in [-0.15, -0.1) is 0 Å². The van der Waals surface area contributed by atoms with E-state index in [9.17, 15) is 9.59 Å². The summed E-state index contributed by atoms with van der Waals surface area (Å²) in [5.41, 5.74) is 0. The Morgan fingerprint density at radius 3 is 2.50 bits per heavy atom. The first kappa shape index (κ1) is 14.6. The highest BCUT2D eigenvalue weighted by Gasteiger charge is 2.30. The molecular weight excluding hydrogens is 256 g/mol. The van der Waals surface area contributed by atoms with Gasteiger partial charge in [0.15, 0.2) is 5.76 Å². The lowest BCUT2D eigenvalue weighted by Gasteiger charge is -2.33. The van der Waals surface area contributed by atoms with Crippen LogP contribution in [0.1, 0.15) is 37.2 Å². The Labute approximate surface area is 119 Å². The van der Waals surface area contributed by atoms with E-state index in [1.54, 1.807) is 21.9 Å². The second-order valence-corrected chi connectivity index (χ2v) is 5.59. The van der Waals surface area contributed by atoms with Crippen LogP contribution < -0.4 is 0 Å². The number of amides is 2. The quantitative estimate of drug-likeness (QED) is 0.849. The Morgan fingerprint density at radius 1 is 1.35 bits per heavy atom. The first-order chi connectivity index (χ1) is 9.50. The lowest BCUT2D eigenvalue weighted by molar-refractivity contribution is -0.137. The first-order valence-electron chi connectivity index (χ1n) is 7.10. The Hall–Kier alpha value is -1.78. The number of carbonyl (C=O) groups excluding carboxylic acids is 2. The van der Waals surface area contributed by atoms with Crippen molar-refractivity contribution in [3.63, 3.8) is 0 Å². The summed E-state index contributed by atoms with van der Waals surface area (Å²) in [6.07, 6.45) is 2.95. The van der Waals surface area contributed by atoms with Crippen LogP contribution in [-0.4, -0.2) is 47.8 Å². The monoisotopic (exact) mass is 278 g/mol. The maximum Gasteiger partial charge on any atom is 0.289 e. The SMILES string of the molecule is CC(C)N(C)C(=O)C1CCN(C(=O)c2ccco2)CC1. The van der Waals surface area contributed by atoms with E-state index in [-0.39, 0.29) is 23.8 Å². The van der Waals surface area contributed by atoms with Gasteiger partial charge in [0.2, 0.25) is 5.91 Å². The van der Waals surface area contributed by atoms with E-state index in [4.69, 9.17) is 4.42 Å². The zero-order valence-corrected chi connectivity index (χ0v) is 12.3. The van der Waals surface area contributed by atoms with Crippen LogP contribution in [0.15, 0.2) is 22.8 Å². The Bertz CT molecular complexity index is 459. The van der Waals surface area contributed by atoms with E-state index in [2.05, 4.69) is 0 Å². The molecule has 0 bridgehead atoms. The van der Waals surface area contributed by atoms with Crippen LogP contribution in [0.2, 0.25) is 0 Å². The van der Waals surface area contributed by atoms with Gasteiger partial charge in [0.05, 0.1) is 6.26 Å². The molecule has 1 aromatic rings. The molecule has 110 valence electrons. The van der Waals surface area contributed by atoms with E-state index in [0.29, 0.717) is 18.8 Å². The van der Waals surface area contributed by atoms with Crippen molar-refractivity contribution in [1.82, 2.24) is 9.80 Å². The van der Waals surface area contributed by atoms with E-state index in [1.165, 1.54) is 6.26 Å². The maximum absolute atomic E-state index is 12.2.